The number of carbonyl (C=O) groups is 1. The zero-order chi connectivity index (χ0) is 14.5. The third kappa shape index (κ3) is 11.0. The molecule has 0 aliphatic carbocycles. The van der Waals surface area contributed by atoms with Crippen molar-refractivity contribution in [2.24, 2.45) is 5.92 Å². The molecule has 0 fully saturated rings. The second-order valence-corrected chi connectivity index (χ2v) is 5.34. The molecule has 0 saturated carbocycles. The van der Waals surface area contributed by atoms with Gasteiger partial charge in [-0.25, -0.2) is 0 Å². The second-order valence-electron chi connectivity index (χ2n) is 5.34. The first-order chi connectivity index (χ1) is 9.11. The molecule has 0 radical (unpaired) electrons. The molecule has 4 heteroatoms. The molecule has 114 valence electrons. The predicted molar refractivity (Wildman–Crippen MR) is 80.1 cm³/mol. The van der Waals surface area contributed by atoms with Crippen LogP contribution in [-0.2, 0) is 4.79 Å². The van der Waals surface area contributed by atoms with Gasteiger partial charge in [0.1, 0.15) is 0 Å². The summed E-state index contributed by atoms with van der Waals surface area (Å²) in [5, 5.41) is 16.0. The number of amides is 1. The lowest BCUT2D eigenvalue weighted by Gasteiger charge is -2.19. The molecular formula is C15H32N2O2. The van der Waals surface area contributed by atoms with E-state index in [-0.39, 0.29) is 17.9 Å². The van der Waals surface area contributed by atoms with E-state index in [4.69, 9.17) is 0 Å². The maximum atomic E-state index is 11.6. The normalized spacial score (nSPS) is 14.1. The van der Waals surface area contributed by atoms with Crippen molar-refractivity contribution in [2.45, 2.75) is 65.4 Å². The highest BCUT2D eigenvalue weighted by atomic mass is 16.3. The minimum atomic E-state index is -0.303. The largest absolute Gasteiger partial charge is 0.393 e. The quantitative estimate of drug-likeness (QED) is 0.477. The number of nitrogens with one attached hydrogen (secondary N) is 2. The Labute approximate surface area is 118 Å². The van der Waals surface area contributed by atoms with Gasteiger partial charge in [-0.1, -0.05) is 40.0 Å². The van der Waals surface area contributed by atoms with Gasteiger partial charge in [-0.3, -0.25) is 4.79 Å². The summed E-state index contributed by atoms with van der Waals surface area (Å²) in [6, 6.07) is 0. The van der Waals surface area contributed by atoms with Gasteiger partial charge >= 0.3 is 0 Å². The van der Waals surface area contributed by atoms with Crippen LogP contribution in [0.4, 0.5) is 0 Å². The minimum absolute atomic E-state index is 0.0681. The zero-order valence-electron chi connectivity index (χ0n) is 12.9. The lowest BCUT2D eigenvalue weighted by molar-refractivity contribution is -0.121. The SMILES string of the molecule is CCCCNCCC(=O)NCC(C)C(O)CCCC. The van der Waals surface area contributed by atoms with Gasteiger partial charge in [-0.05, 0) is 25.3 Å². The van der Waals surface area contributed by atoms with Crippen LogP contribution in [0.15, 0.2) is 0 Å². The Morgan fingerprint density at radius 1 is 1.16 bits per heavy atom. The van der Waals surface area contributed by atoms with E-state index in [9.17, 15) is 9.90 Å². The lowest BCUT2D eigenvalue weighted by atomic mass is 10.00. The average Bonchev–Trinajstić information content (AvgIpc) is 2.41. The molecule has 0 spiro atoms. The van der Waals surface area contributed by atoms with Gasteiger partial charge in [0.25, 0.3) is 0 Å². The summed E-state index contributed by atoms with van der Waals surface area (Å²) >= 11 is 0. The van der Waals surface area contributed by atoms with Gasteiger partial charge in [0, 0.05) is 19.5 Å². The Kier molecular flexibility index (Phi) is 12.0. The highest BCUT2D eigenvalue weighted by Gasteiger charge is 2.14. The van der Waals surface area contributed by atoms with E-state index >= 15 is 0 Å². The predicted octanol–water partition coefficient (Wildman–Crippen LogP) is 2.07. The molecule has 0 aromatic carbocycles. The number of aliphatic hydroxyl groups is 1. The highest BCUT2D eigenvalue weighted by molar-refractivity contribution is 5.76. The number of carbonyl (C=O) groups excluding carboxylic acids is 1. The lowest BCUT2D eigenvalue weighted by Crippen LogP contribution is -2.35. The fraction of sp³-hybridized carbons (Fsp3) is 0.933. The first-order valence-corrected chi connectivity index (χ1v) is 7.77. The van der Waals surface area contributed by atoms with Crippen molar-refractivity contribution in [2.75, 3.05) is 19.6 Å². The average molecular weight is 272 g/mol. The standard InChI is InChI=1S/C15H32N2O2/c1-4-6-8-14(18)13(3)12-17-15(19)9-11-16-10-7-5-2/h13-14,16,18H,4-12H2,1-3H3,(H,17,19). The van der Waals surface area contributed by atoms with Gasteiger partial charge in [-0.15, -0.1) is 0 Å². The van der Waals surface area contributed by atoms with Crippen LogP contribution in [0.1, 0.15) is 59.3 Å². The maximum Gasteiger partial charge on any atom is 0.221 e. The summed E-state index contributed by atoms with van der Waals surface area (Å²) in [7, 11) is 0. The summed E-state index contributed by atoms with van der Waals surface area (Å²) in [6.45, 7) is 8.54. The van der Waals surface area contributed by atoms with Gasteiger partial charge in [0.15, 0.2) is 0 Å². The molecule has 2 atom stereocenters. The van der Waals surface area contributed by atoms with Gasteiger partial charge < -0.3 is 15.7 Å². The molecule has 0 bridgehead atoms. The molecule has 0 aliphatic heterocycles. The van der Waals surface area contributed by atoms with E-state index in [1.165, 1.54) is 6.42 Å². The van der Waals surface area contributed by atoms with Crippen molar-refractivity contribution >= 4 is 5.91 Å². The van der Waals surface area contributed by atoms with Crippen LogP contribution in [0.25, 0.3) is 0 Å². The molecule has 4 nitrogen and oxygen atoms in total. The van der Waals surface area contributed by atoms with Crippen LogP contribution in [-0.4, -0.2) is 36.8 Å². The third-order valence-electron chi connectivity index (χ3n) is 3.37. The molecule has 2 unspecified atom stereocenters. The fourth-order valence-corrected chi connectivity index (χ4v) is 1.83. The summed E-state index contributed by atoms with van der Waals surface area (Å²) in [4.78, 5) is 11.6. The number of rotatable bonds is 12. The number of hydrogen-bond donors (Lipinski definition) is 3. The smallest absolute Gasteiger partial charge is 0.221 e. The van der Waals surface area contributed by atoms with Crippen LogP contribution >= 0.6 is 0 Å². The second kappa shape index (κ2) is 12.4. The molecule has 0 heterocycles. The molecule has 0 aromatic rings. The minimum Gasteiger partial charge on any atom is -0.393 e. The van der Waals surface area contributed by atoms with Gasteiger partial charge in [0.2, 0.25) is 5.91 Å². The molecule has 0 aromatic heterocycles. The number of aliphatic hydroxyl groups excluding tert-OH is 1. The molecule has 0 rings (SSSR count). The summed E-state index contributed by atoms with van der Waals surface area (Å²) in [5.74, 6) is 0.196. The van der Waals surface area contributed by atoms with Crippen molar-refractivity contribution in [3.63, 3.8) is 0 Å². The first kappa shape index (κ1) is 18.4. The number of unbranched alkanes of at least 4 members (excludes halogenated alkanes) is 2. The Bertz CT molecular complexity index is 222. The molecule has 19 heavy (non-hydrogen) atoms. The van der Waals surface area contributed by atoms with E-state index in [1.807, 2.05) is 6.92 Å². The van der Waals surface area contributed by atoms with E-state index in [0.29, 0.717) is 13.0 Å². The Balaban J connectivity index is 3.54. The van der Waals surface area contributed by atoms with Crippen LogP contribution in [0.5, 0.6) is 0 Å². The summed E-state index contributed by atoms with van der Waals surface area (Å²) < 4.78 is 0. The molecule has 3 N–H and O–H groups in total. The molecule has 0 aliphatic rings. The highest BCUT2D eigenvalue weighted by Crippen LogP contribution is 2.09. The fourth-order valence-electron chi connectivity index (χ4n) is 1.83. The Morgan fingerprint density at radius 3 is 2.47 bits per heavy atom. The van der Waals surface area contributed by atoms with E-state index in [0.717, 1.165) is 38.8 Å². The van der Waals surface area contributed by atoms with Crippen molar-refractivity contribution in [1.82, 2.24) is 10.6 Å². The Hall–Kier alpha value is -0.610. The summed E-state index contributed by atoms with van der Waals surface area (Å²) in [6.07, 6.45) is 5.51. The van der Waals surface area contributed by atoms with E-state index < -0.39 is 0 Å². The van der Waals surface area contributed by atoms with Crippen LogP contribution in [0, 0.1) is 5.92 Å². The van der Waals surface area contributed by atoms with Gasteiger partial charge in [0.05, 0.1) is 6.10 Å². The zero-order valence-corrected chi connectivity index (χ0v) is 12.9. The van der Waals surface area contributed by atoms with Crippen molar-refractivity contribution in [3.8, 4) is 0 Å². The molecule has 1 amide bonds. The Morgan fingerprint density at radius 2 is 1.84 bits per heavy atom. The van der Waals surface area contributed by atoms with Crippen LogP contribution < -0.4 is 10.6 Å². The van der Waals surface area contributed by atoms with Crippen molar-refractivity contribution in [1.29, 1.82) is 0 Å². The summed E-state index contributed by atoms with van der Waals surface area (Å²) in [5.41, 5.74) is 0. The van der Waals surface area contributed by atoms with E-state index in [1.54, 1.807) is 0 Å². The first-order valence-electron chi connectivity index (χ1n) is 7.77. The van der Waals surface area contributed by atoms with Crippen molar-refractivity contribution < 1.29 is 9.90 Å². The maximum absolute atomic E-state index is 11.6. The van der Waals surface area contributed by atoms with E-state index in [2.05, 4.69) is 24.5 Å². The monoisotopic (exact) mass is 272 g/mol. The topological polar surface area (TPSA) is 61.4 Å². The van der Waals surface area contributed by atoms with Crippen LogP contribution in [0.2, 0.25) is 0 Å². The van der Waals surface area contributed by atoms with Crippen molar-refractivity contribution in [3.05, 3.63) is 0 Å². The molecule has 0 saturated heterocycles. The van der Waals surface area contributed by atoms with Gasteiger partial charge in [-0.2, -0.15) is 0 Å². The molecular weight excluding hydrogens is 240 g/mol. The number of hydrogen-bond acceptors (Lipinski definition) is 3. The van der Waals surface area contributed by atoms with Crippen LogP contribution in [0.3, 0.4) is 0 Å². The third-order valence-corrected chi connectivity index (χ3v) is 3.37.